The second-order valence-electron chi connectivity index (χ2n) is 9.12. The number of hydrogen-bond donors (Lipinski definition) is 3. The van der Waals surface area contributed by atoms with Gasteiger partial charge >= 0.3 is 0 Å². The highest BCUT2D eigenvalue weighted by molar-refractivity contribution is 8.00. The van der Waals surface area contributed by atoms with Gasteiger partial charge in [0.2, 0.25) is 0 Å². The number of carbonyl (C=O) groups is 1. The Labute approximate surface area is 202 Å². The Morgan fingerprint density at radius 2 is 1.91 bits per heavy atom. The molecule has 0 radical (unpaired) electrons. The summed E-state index contributed by atoms with van der Waals surface area (Å²) in [7, 11) is 3.73. The van der Waals surface area contributed by atoms with Crippen LogP contribution in [0.1, 0.15) is 56.1 Å². The average molecular weight is 476 g/mol. The number of piperidine rings is 1. The molecule has 1 aliphatic carbocycles. The van der Waals surface area contributed by atoms with Gasteiger partial charge < -0.3 is 11.1 Å². The van der Waals surface area contributed by atoms with Crippen LogP contribution in [0.3, 0.4) is 0 Å². The maximum atomic E-state index is 12.7. The predicted molar refractivity (Wildman–Crippen MR) is 141 cm³/mol. The zero-order chi connectivity index (χ0) is 23.1. The van der Waals surface area contributed by atoms with Gasteiger partial charge in [0, 0.05) is 24.7 Å². The van der Waals surface area contributed by atoms with Crippen LogP contribution in [0.2, 0.25) is 0 Å². The van der Waals surface area contributed by atoms with Crippen molar-refractivity contribution in [2.24, 2.45) is 10.9 Å². The number of nitrogens with zero attached hydrogens (tertiary/aromatic N) is 3. The highest BCUT2D eigenvalue weighted by Gasteiger charge is 2.46. The molecule has 1 saturated heterocycles. The molecule has 176 valence electrons. The Hall–Kier alpha value is -1.48. The first-order valence-corrected chi connectivity index (χ1v) is 12.7. The quantitative estimate of drug-likeness (QED) is 0.339. The molecule has 0 unspecified atom stereocenters. The first kappa shape index (κ1) is 25.1. The second-order valence-corrected chi connectivity index (χ2v) is 10.9. The van der Waals surface area contributed by atoms with Crippen LogP contribution in [-0.4, -0.2) is 53.1 Å². The fourth-order valence-corrected chi connectivity index (χ4v) is 5.26. The topological polar surface area (TPSA) is 74.0 Å². The zero-order valence-corrected chi connectivity index (χ0v) is 21.2. The molecule has 1 aromatic carbocycles. The summed E-state index contributed by atoms with van der Waals surface area (Å²) in [4.78, 5) is 17.7. The molecular weight excluding hydrogens is 438 g/mol. The van der Waals surface area contributed by atoms with Crippen LogP contribution in [0.25, 0.3) is 6.08 Å². The molecular formula is C24H37N5OS2. The molecule has 6 nitrogen and oxygen atoms in total. The van der Waals surface area contributed by atoms with Crippen LogP contribution in [0.15, 0.2) is 28.6 Å². The lowest BCUT2D eigenvalue weighted by molar-refractivity contribution is -0.124. The van der Waals surface area contributed by atoms with Gasteiger partial charge in [-0.1, -0.05) is 50.1 Å². The number of aryl methyl sites for hydroxylation is 1. The molecule has 1 amide bonds. The maximum absolute atomic E-state index is 12.7. The zero-order valence-electron chi connectivity index (χ0n) is 19.5. The van der Waals surface area contributed by atoms with Gasteiger partial charge in [-0.05, 0) is 81.4 Å². The summed E-state index contributed by atoms with van der Waals surface area (Å²) in [5.74, 6) is 1.57. The first-order valence-electron chi connectivity index (χ1n) is 11.5. The molecule has 1 spiro atoms. The lowest BCUT2D eigenvalue weighted by Gasteiger charge is -2.34. The minimum Gasteiger partial charge on any atom is -0.399 e. The Balaban J connectivity index is 0.000000668. The number of thiol groups is 1. The van der Waals surface area contributed by atoms with Crippen LogP contribution in [-0.2, 0) is 4.79 Å². The minimum absolute atomic E-state index is 0.130. The van der Waals surface area contributed by atoms with Crippen molar-refractivity contribution in [1.82, 2.24) is 13.9 Å². The van der Waals surface area contributed by atoms with Gasteiger partial charge in [-0.15, -0.1) is 0 Å². The number of nitrogen functional groups attached to an aromatic ring is 1. The Morgan fingerprint density at radius 1 is 1.25 bits per heavy atom. The standard InChI is InChI=1S/C22H30N4OS.C2H7NS/c1-16-15-19(23)8-7-17(16)9-14-28-26-12-10-22(11-13-26)21(27)24-20(25-22)18-5-3-2-4-6-18;1-3(2)4/h7-9,14-15,18H,2-6,10-13,23H2,1H3,(H,24,25,27);4H,1-2H3/b14-9+;. The SMILES string of the molecule is CN(C)S.Cc1cc(N)ccc1/C=C/SN1CCC2(CC1)N=C(C1CCCCC1)NC2=O. The number of amidine groups is 1. The van der Waals surface area contributed by atoms with Crippen molar-refractivity contribution in [3.05, 3.63) is 34.7 Å². The van der Waals surface area contributed by atoms with Crippen LogP contribution in [0.4, 0.5) is 5.69 Å². The van der Waals surface area contributed by atoms with E-state index in [2.05, 4.69) is 46.9 Å². The molecule has 3 aliphatic rings. The summed E-state index contributed by atoms with van der Waals surface area (Å²) in [5, 5.41) is 5.26. The third-order valence-electron chi connectivity index (χ3n) is 6.29. The number of anilines is 1. The maximum Gasteiger partial charge on any atom is 0.253 e. The minimum atomic E-state index is -0.513. The van der Waals surface area contributed by atoms with Gasteiger partial charge in [-0.3, -0.25) is 14.1 Å². The number of carbonyl (C=O) groups excluding carboxylic acids is 1. The van der Waals surface area contributed by atoms with E-state index in [1.165, 1.54) is 43.2 Å². The largest absolute Gasteiger partial charge is 0.399 e. The number of hydrogen-bond acceptors (Lipinski definition) is 7. The molecule has 2 heterocycles. The van der Waals surface area contributed by atoms with E-state index in [1.54, 1.807) is 16.3 Å². The number of amides is 1. The van der Waals surface area contributed by atoms with Crippen molar-refractivity contribution in [2.45, 2.75) is 57.4 Å². The Morgan fingerprint density at radius 3 is 2.53 bits per heavy atom. The van der Waals surface area contributed by atoms with Crippen LogP contribution < -0.4 is 11.1 Å². The molecule has 1 saturated carbocycles. The van der Waals surface area contributed by atoms with E-state index in [1.807, 2.05) is 26.2 Å². The van der Waals surface area contributed by atoms with Crippen molar-refractivity contribution in [3.8, 4) is 0 Å². The van der Waals surface area contributed by atoms with Gasteiger partial charge in [-0.25, -0.2) is 4.31 Å². The molecule has 2 fully saturated rings. The summed E-state index contributed by atoms with van der Waals surface area (Å²) in [5.41, 5.74) is 8.47. The van der Waals surface area contributed by atoms with Crippen molar-refractivity contribution >= 4 is 48.3 Å². The van der Waals surface area contributed by atoms with E-state index in [9.17, 15) is 4.79 Å². The molecule has 4 rings (SSSR count). The van der Waals surface area contributed by atoms with Crippen molar-refractivity contribution < 1.29 is 4.79 Å². The fourth-order valence-electron chi connectivity index (χ4n) is 4.49. The molecule has 1 aromatic rings. The molecule has 0 atom stereocenters. The smallest absolute Gasteiger partial charge is 0.253 e. The van der Waals surface area contributed by atoms with Crippen molar-refractivity contribution in [1.29, 1.82) is 0 Å². The number of benzene rings is 1. The fraction of sp³-hybridized carbons (Fsp3) is 0.583. The number of rotatable bonds is 4. The number of aliphatic imine (C=N–C) groups is 1. The molecule has 8 heteroatoms. The summed E-state index contributed by atoms with van der Waals surface area (Å²) in [6.45, 7) is 3.83. The normalized spacial score (nSPS) is 21.5. The number of nitrogens with one attached hydrogen (secondary N) is 1. The molecule has 3 N–H and O–H groups in total. The number of nitrogens with two attached hydrogens (primary N) is 1. The lowest BCUT2D eigenvalue weighted by atomic mass is 9.88. The van der Waals surface area contributed by atoms with Gasteiger partial charge in [0.25, 0.3) is 5.91 Å². The molecule has 0 aromatic heterocycles. The predicted octanol–water partition coefficient (Wildman–Crippen LogP) is 4.53. The third kappa shape index (κ3) is 6.76. The van der Waals surface area contributed by atoms with Gasteiger partial charge in [0.15, 0.2) is 0 Å². The average Bonchev–Trinajstić information content (AvgIpc) is 3.07. The van der Waals surface area contributed by atoms with E-state index in [4.69, 9.17) is 10.7 Å². The van der Waals surface area contributed by atoms with E-state index in [0.29, 0.717) is 5.92 Å². The van der Waals surface area contributed by atoms with Crippen LogP contribution >= 0.6 is 24.8 Å². The molecule has 32 heavy (non-hydrogen) atoms. The van der Waals surface area contributed by atoms with Crippen LogP contribution in [0.5, 0.6) is 0 Å². The Bertz CT molecular complexity index is 838. The van der Waals surface area contributed by atoms with Crippen LogP contribution in [0, 0.1) is 12.8 Å². The summed E-state index contributed by atoms with van der Waals surface area (Å²) < 4.78 is 4.02. The third-order valence-corrected chi connectivity index (χ3v) is 7.21. The van der Waals surface area contributed by atoms with Gasteiger partial charge in [0.1, 0.15) is 11.4 Å². The second kappa shape index (κ2) is 11.6. The first-order chi connectivity index (χ1) is 15.3. The lowest BCUT2D eigenvalue weighted by Crippen LogP contribution is -2.47. The Kier molecular flexibility index (Phi) is 9.11. The highest BCUT2D eigenvalue weighted by atomic mass is 32.2. The van der Waals surface area contributed by atoms with E-state index in [-0.39, 0.29) is 5.91 Å². The van der Waals surface area contributed by atoms with Gasteiger partial charge in [0.05, 0.1) is 0 Å². The van der Waals surface area contributed by atoms with Crippen molar-refractivity contribution in [3.63, 3.8) is 0 Å². The molecule has 0 bridgehead atoms. The molecule has 2 aliphatic heterocycles. The monoisotopic (exact) mass is 475 g/mol. The van der Waals surface area contributed by atoms with Gasteiger partial charge in [-0.2, -0.15) is 0 Å². The summed E-state index contributed by atoms with van der Waals surface area (Å²) in [6.07, 6.45) is 9.92. The van der Waals surface area contributed by atoms with E-state index in [0.717, 1.165) is 37.5 Å². The van der Waals surface area contributed by atoms with E-state index < -0.39 is 5.54 Å². The summed E-state index contributed by atoms with van der Waals surface area (Å²) >= 11 is 5.52. The van der Waals surface area contributed by atoms with E-state index >= 15 is 0 Å². The summed E-state index contributed by atoms with van der Waals surface area (Å²) in [6, 6.07) is 5.98. The van der Waals surface area contributed by atoms with Crippen molar-refractivity contribution in [2.75, 3.05) is 32.9 Å². The highest BCUT2D eigenvalue weighted by Crippen LogP contribution is 2.35.